The average molecular weight is 319 g/mol. The van der Waals surface area contributed by atoms with Crippen molar-refractivity contribution in [3.8, 4) is 5.88 Å². The van der Waals surface area contributed by atoms with Gasteiger partial charge in [0.15, 0.2) is 5.13 Å². The van der Waals surface area contributed by atoms with Crippen LogP contribution in [0.3, 0.4) is 0 Å². The summed E-state index contributed by atoms with van der Waals surface area (Å²) in [5.41, 5.74) is 2.02. The van der Waals surface area contributed by atoms with Gasteiger partial charge < -0.3 is 14.5 Å². The third kappa shape index (κ3) is 3.30. The summed E-state index contributed by atoms with van der Waals surface area (Å²) in [6, 6.07) is 1.85. The summed E-state index contributed by atoms with van der Waals surface area (Å²) in [6.07, 6.45) is 1.07. The largest absolute Gasteiger partial charge is 0.481 e. The number of hydrogen-bond donors (Lipinski definition) is 0. The fourth-order valence-electron chi connectivity index (χ4n) is 2.57. The van der Waals surface area contributed by atoms with Crippen molar-refractivity contribution in [3.05, 3.63) is 22.8 Å². The summed E-state index contributed by atoms with van der Waals surface area (Å²) in [7, 11) is 1.64. The Labute approximate surface area is 134 Å². The van der Waals surface area contributed by atoms with Crippen molar-refractivity contribution >= 4 is 22.4 Å². The summed E-state index contributed by atoms with van der Waals surface area (Å²) >= 11 is 1.72. The van der Waals surface area contributed by atoms with E-state index >= 15 is 0 Å². The van der Waals surface area contributed by atoms with Crippen LogP contribution in [0.4, 0.5) is 11.1 Å². The number of ether oxygens (including phenoxy) is 1. The molecule has 0 unspecified atom stereocenters. The molecule has 0 aliphatic carbocycles. The van der Waals surface area contributed by atoms with Crippen LogP contribution in [0.1, 0.15) is 17.8 Å². The second kappa shape index (κ2) is 6.48. The zero-order chi connectivity index (χ0) is 15.5. The average Bonchev–Trinajstić information content (AvgIpc) is 2.80. The first-order chi connectivity index (χ1) is 10.7. The van der Waals surface area contributed by atoms with E-state index in [-0.39, 0.29) is 0 Å². The van der Waals surface area contributed by atoms with Gasteiger partial charge in [0.05, 0.1) is 12.8 Å². The highest BCUT2D eigenvalue weighted by atomic mass is 32.1. The molecule has 1 aliphatic rings. The van der Waals surface area contributed by atoms with Crippen molar-refractivity contribution in [3.63, 3.8) is 0 Å². The Morgan fingerprint density at radius 2 is 1.77 bits per heavy atom. The zero-order valence-electron chi connectivity index (χ0n) is 13.2. The normalized spacial score (nSPS) is 15.8. The SMILES string of the molecule is COc1cc(C)nc(N2CCCN(c3nc(C)cs3)CC2)n1. The smallest absolute Gasteiger partial charge is 0.228 e. The molecule has 0 N–H and O–H groups in total. The Hall–Kier alpha value is -1.89. The lowest BCUT2D eigenvalue weighted by Gasteiger charge is -2.22. The summed E-state index contributed by atoms with van der Waals surface area (Å²) in [4.78, 5) is 18.2. The third-order valence-electron chi connectivity index (χ3n) is 3.68. The molecule has 0 radical (unpaired) electrons. The molecule has 6 nitrogen and oxygen atoms in total. The summed E-state index contributed by atoms with van der Waals surface area (Å²) in [5.74, 6) is 1.38. The van der Waals surface area contributed by atoms with Crippen LogP contribution in [0.2, 0.25) is 0 Å². The first-order valence-corrected chi connectivity index (χ1v) is 8.35. The molecule has 3 heterocycles. The number of hydrogen-bond acceptors (Lipinski definition) is 7. The maximum atomic E-state index is 5.25. The van der Waals surface area contributed by atoms with Gasteiger partial charge in [0.25, 0.3) is 0 Å². The molecule has 0 aromatic carbocycles. The van der Waals surface area contributed by atoms with E-state index in [1.165, 1.54) is 0 Å². The molecular formula is C15H21N5OS. The summed E-state index contributed by atoms with van der Waals surface area (Å²) < 4.78 is 5.25. The maximum absolute atomic E-state index is 5.25. The van der Waals surface area contributed by atoms with Gasteiger partial charge in [-0.05, 0) is 20.3 Å². The van der Waals surface area contributed by atoms with E-state index in [2.05, 4.69) is 30.1 Å². The lowest BCUT2D eigenvalue weighted by Crippen LogP contribution is -2.31. The third-order valence-corrected chi connectivity index (χ3v) is 4.70. The van der Waals surface area contributed by atoms with Crippen LogP contribution in [0.5, 0.6) is 5.88 Å². The molecule has 3 rings (SSSR count). The number of methoxy groups -OCH3 is 1. The molecular weight excluding hydrogens is 298 g/mol. The van der Waals surface area contributed by atoms with Gasteiger partial charge in [-0.2, -0.15) is 4.98 Å². The number of rotatable bonds is 3. The predicted octanol–water partition coefficient (Wildman–Crippen LogP) is 2.28. The van der Waals surface area contributed by atoms with Crippen LogP contribution in [-0.4, -0.2) is 48.2 Å². The number of aryl methyl sites for hydroxylation is 2. The van der Waals surface area contributed by atoms with Gasteiger partial charge in [0, 0.05) is 43.3 Å². The van der Waals surface area contributed by atoms with Crippen molar-refractivity contribution < 1.29 is 4.74 Å². The molecule has 0 atom stereocenters. The maximum Gasteiger partial charge on any atom is 0.228 e. The van der Waals surface area contributed by atoms with Gasteiger partial charge in [-0.3, -0.25) is 0 Å². The highest BCUT2D eigenvalue weighted by Crippen LogP contribution is 2.23. The quantitative estimate of drug-likeness (QED) is 0.865. The van der Waals surface area contributed by atoms with Gasteiger partial charge in [0.2, 0.25) is 11.8 Å². The molecule has 118 valence electrons. The molecule has 2 aromatic heterocycles. The molecule has 0 saturated carbocycles. The van der Waals surface area contributed by atoms with Crippen LogP contribution in [-0.2, 0) is 0 Å². The van der Waals surface area contributed by atoms with Gasteiger partial charge in [-0.1, -0.05) is 0 Å². The van der Waals surface area contributed by atoms with Crippen LogP contribution in [0.25, 0.3) is 0 Å². The fourth-order valence-corrected chi connectivity index (χ4v) is 3.42. The number of aromatic nitrogens is 3. The van der Waals surface area contributed by atoms with Gasteiger partial charge in [-0.15, -0.1) is 11.3 Å². The van der Waals surface area contributed by atoms with Gasteiger partial charge in [-0.25, -0.2) is 9.97 Å². The second-order valence-corrected chi connectivity index (χ2v) is 6.29. The molecule has 1 fully saturated rings. The van der Waals surface area contributed by atoms with Gasteiger partial charge >= 0.3 is 0 Å². The molecule has 0 bridgehead atoms. The Morgan fingerprint density at radius 1 is 1.00 bits per heavy atom. The molecule has 0 amide bonds. The monoisotopic (exact) mass is 319 g/mol. The highest BCUT2D eigenvalue weighted by Gasteiger charge is 2.19. The van der Waals surface area contributed by atoms with Gasteiger partial charge in [0.1, 0.15) is 0 Å². The Kier molecular flexibility index (Phi) is 4.42. The molecule has 22 heavy (non-hydrogen) atoms. The lowest BCUT2D eigenvalue weighted by molar-refractivity contribution is 0.396. The van der Waals surface area contributed by atoms with Crippen LogP contribution >= 0.6 is 11.3 Å². The minimum Gasteiger partial charge on any atom is -0.481 e. The van der Waals surface area contributed by atoms with E-state index in [4.69, 9.17) is 4.74 Å². The van der Waals surface area contributed by atoms with Crippen LogP contribution < -0.4 is 14.5 Å². The van der Waals surface area contributed by atoms with Crippen molar-refractivity contribution in [1.29, 1.82) is 0 Å². The first-order valence-electron chi connectivity index (χ1n) is 7.47. The summed E-state index contributed by atoms with van der Waals surface area (Å²) in [6.45, 7) is 7.81. The number of anilines is 2. The Morgan fingerprint density at radius 3 is 2.50 bits per heavy atom. The van der Waals surface area contributed by atoms with Crippen LogP contribution in [0.15, 0.2) is 11.4 Å². The van der Waals surface area contributed by atoms with Crippen molar-refractivity contribution in [2.24, 2.45) is 0 Å². The van der Waals surface area contributed by atoms with Crippen molar-refractivity contribution in [1.82, 2.24) is 15.0 Å². The number of thiazole rings is 1. The molecule has 2 aromatic rings. The molecule has 0 spiro atoms. The van der Waals surface area contributed by atoms with Crippen molar-refractivity contribution in [2.75, 3.05) is 43.1 Å². The van der Waals surface area contributed by atoms with E-state index in [0.717, 1.165) is 55.1 Å². The second-order valence-electron chi connectivity index (χ2n) is 5.45. The molecule has 1 saturated heterocycles. The minimum absolute atomic E-state index is 0.624. The van der Waals surface area contributed by atoms with Crippen molar-refractivity contribution in [2.45, 2.75) is 20.3 Å². The zero-order valence-corrected chi connectivity index (χ0v) is 14.1. The van der Waals surface area contributed by atoms with E-state index < -0.39 is 0 Å². The van der Waals surface area contributed by atoms with E-state index in [1.54, 1.807) is 18.4 Å². The Balaban J connectivity index is 1.73. The van der Waals surface area contributed by atoms with E-state index in [9.17, 15) is 0 Å². The number of nitrogens with zero attached hydrogens (tertiary/aromatic N) is 5. The standard InChI is InChI=1S/C15H21N5OS/c1-11-9-13(21-3)18-14(16-11)19-5-4-6-20(8-7-19)15-17-12(2)10-22-15/h9-10H,4-8H2,1-3H3. The van der Waals surface area contributed by atoms with E-state index in [1.807, 2.05) is 19.9 Å². The molecule has 7 heteroatoms. The first kappa shape index (κ1) is 15.0. The fraction of sp³-hybridized carbons (Fsp3) is 0.533. The minimum atomic E-state index is 0.624. The topological polar surface area (TPSA) is 54.4 Å². The molecule has 1 aliphatic heterocycles. The summed E-state index contributed by atoms with van der Waals surface area (Å²) in [5, 5.41) is 3.22. The Bertz CT molecular complexity index is 645. The van der Waals surface area contributed by atoms with E-state index in [0.29, 0.717) is 5.88 Å². The highest BCUT2D eigenvalue weighted by molar-refractivity contribution is 7.13. The predicted molar refractivity (Wildman–Crippen MR) is 89.2 cm³/mol. The van der Waals surface area contributed by atoms with Crippen LogP contribution in [0, 0.1) is 13.8 Å². The lowest BCUT2D eigenvalue weighted by atomic mass is 10.4.